The molecule has 0 aromatic heterocycles. The number of carbonyl (C=O) groups excluding carboxylic acids is 2. The fourth-order valence-corrected chi connectivity index (χ4v) is 3.73. The topological polar surface area (TPSA) is 75.6 Å². The number of para-hydroxylation sites is 1. The van der Waals surface area contributed by atoms with E-state index in [2.05, 4.69) is 11.9 Å². The Labute approximate surface area is 174 Å². The third-order valence-corrected chi connectivity index (χ3v) is 5.15. The molecule has 0 radical (unpaired) electrons. The van der Waals surface area contributed by atoms with Gasteiger partial charge in [0.15, 0.2) is 11.6 Å². The van der Waals surface area contributed by atoms with E-state index in [-0.39, 0.29) is 28.4 Å². The van der Waals surface area contributed by atoms with Gasteiger partial charge in [-0.3, -0.25) is 9.59 Å². The van der Waals surface area contributed by atoms with Gasteiger partial charge < -0.3 is 15.2 Å². The molecule has 30 heavy (non-hydrogen) atoms. The molecule has 0 fully saturated rings. The van der Waals surface area contributed by atoms with E-state index in [1.165, 1.54) is 6.07 Å². The average molecular weight is 399 g/mol. The number of aromatic hydroxyl groups is 1. The van der Waals surface area contributed by atoms with Gasteiger partial charge in [0.25, 0.3) is 0 Å². The van der Waals surface area contributed by atoms with Crippen LogP contribution in [-0.2, 0) is 6.42 Å². The molecule has 0 saturated heterocycles. The number of phenols is 1. The maximum absolute atomic E-state index is 13.2. The summed E-state index contributed by atoms with van der Waals surface area (Å²) in [6.45, 7) is 6.06. The normalized spacial score (nSPS) is 12.2. The van der Waals surface area contributed by atoms with Crippen molar-refractivity contribution in [3.05, 3.63) is 95.1 Å². The van der Waals surface area contributed by atoms with Crippen LogP contribution in [0.1, 0.15) is 44.3 Å². The first kappa shape index (κ1) is 19.5. The third kappa shape index (κ3) is 3.14. The van der Waals surface area contributed by atoms with Crippen molar-refractivity contribution in [1.29, 1.82) is 0 Å². The van der Waals surface area contributed by atoms with Gasteiger partial charge in [0.1, 0.15) is 18.1 Å². The Bertz CT molecular complexity index is 1180. The van der Waals surface area contributed by atoms with Crippen LogP contribution < -0.4 is 10.1 Å². The van der Waals surface area contributed by atoms with E-state index in [0.717, 1.165) is 12.0 Å². The lowest BCUT2D eigenvalue weighted by Gasteiger charge is -2.22. The number of fused-ring (bicyclic) bond motifs is 2. The van der Waals surface area contributed by atoms with Gasteiger partial charge in [-0.05, 0) is 30.2 Å². The van der Waals surface area contributed by atoms with Crippen LogP contribution in [0.2, 0.25) is 0 Å². The Balaban J connectivity index is 1.85. The highest BCUT2D eigenvalue weighted by atomic mass is 16.5. The van der Waals surface area contributed by atoms with Crippen molar-refractivity contribution in [3.63, 3.8) is 0 Å². The largest absolute Gasteiger partial charge is 0.507 e. The molecule has 3 aromatic carbocycles. The highest BCUT2D eigenvalue weighted by Crippen LogP contribution is 2.40. The molecule has 0 aliphatic heterocycles. The minimum Gasteiger partial charge on any atom is -0.507 e. The van der Waals surface area contributed by atoms with Crippen molar-refractivity contribution in [3.8, 4) is 11.5 Å². The highest BCUT2D eigenvalue weighted by molar-refractivity contribution is 6.31. The number of benzene rings is 3. The fraction of sp³-hybridized carbons (Fsp3) is 0.120. The lowest BCUT2D eigenvalue weighted by molar-refractivity contribution is 0.0977. The summed E-state index contributed by atoms with van der Waals surface area (Å²) in [6.07, 6.45) is 2.43. The zero-order valence-corrected chi connectivity index (χ0v) is 16.6. The third-order valence-electron chi connectivity index (χ3n) is 5.15. The van der Waals surface area contributed by atoms with E-state index in [9.17, 15) is 14.7 Å². The predicted octanol–water partition coefficient (Wildman–Crippen LogP) is 5.04. The van der Waals surface area contributed by atoms with Crippen LogP contribution in [0.4, 0.5) is 11.4 Å². The van der Waals surface area contributed by atoms with Crippen molar-refractivity contribution < 1.29 is 19.4 Å². The smallest absolute Gasteiger partial charge is 0.198 e. The number of ketones is 2. The van der Waals surface area contributed by atoms with Gasteiger partial charge in [-0.25, -0.2) is 0 Å². The molecule has 0 spiro atoms. The summed E-state index contributed by atoms with van der Waals surface area (Å²) in [5.41, 5.74) is 2.91. The molecular weight excluding hydrogens is 378 g/mol. The van der Waals surface area contributed by atoms with Crippen LogP contribution in [0.5, 0.6) is 11.5 Å². The summed E-state index contributed by atoms with van der Waals surface area (Å²) in [4.78, 5) is 26.3. The number of anilines is 2. The summed E-state index contributed by atoms with van der Waals surface area (Å²) in [6, 6.07) is 15.4. The molecule has 0 unspecified atom stereocenters. The number of hydrogen-bond donors (Lipinski definition) is 2. The van der Waals surface area contributed by atoms with E-state index in [1.807, 2.05) is 25.1 Å². The number of aryl methyl sites for hydroxylation is 1. The number of carbonyl (C=O) groups is 2. The molecule has 0 saturated carbocycles. The minimum atomic E-state index is -0.369. The van der Waals surface area contributed by atoms with Gasteiger partial charge in [-0.15, -0.1) is 0 Å². The van der Waals surface area contributed by atoms with Gasteiger partial charge in [0, 0.05) is 11.1 Å². The fourth-order valence-electron chi connectivity index (χ4n) is 3.73. The van der Waals surface area contributed by atoms with Gasteiger partial charge in [-0.1, -0.05) is 56.0 Å². The molecule has 0 bridgehead atoms. The lowest BCUT2D eigenvalue weighted by atomic mass is 9.82. The second-order valence-electron chi connectivity index (χ2n) is 6.96. The molecule has 3 aromatic rings. The SMILES string of the molecule is C=CCOc1c(CC)cccc1Nc1ccc(O)c2c1C(=O)c1ccccc1C2=O. The first-order valence-electron chi connectivity index (χ1n) is 9.73. The van der Waals surface area contributed by atoms with Crippen LogP contribution in [0.15, 0.2) is 67.3 Å². The summed E-state index contributed by atoms with van der Waals surface area (Å²) >= 11 is 0. The highest BCUT2D eigenvalue weighted by Gasteiger charge is 2.34. The summed E-state index contributed by atoms with van der Waals surface area (Å²) in [5, 5.41) is 13.6. The number of phenolic OH excluding ortho intramolecular Hbond substituents is 1. The van der Waals surface area contributed by atoms with Crippen molar-refractivity contribution >= 4 is 22.9 Å². The van der Waals surface area contributed by atoms with E-state index in [0.29, 0.717) is 34.9 Å². The van der Waals surface area contributed by atoms with Crippen molar-refractivity contribution in [2.75, 3.05) is 11.9 Å². The van der Waals surface area contributed by atoms with Crippen LogP contribution in [-0.4, -0.2) is 23.3 Å². The Kier molecular flexibility index (Phi) is 5.11. The summed E-state index contributed by atoms with van der Waals surface area (Å²) in [7, 11) is 0. The number of hydrogen-bond acceptors (Lipinski definition) is 5. The zero-order valence-electron chi connectivity index (χ0n) is 16.6. The van der Waals surface area contributed by atoms with E-state index in [4.69, 9.17) is 4.74 Å². The molecule has 1 aliphatic carbocycles. The molecule has 5 heteroatoms. The standard InChI is InChI=1S/C25H21NO4/c1-3-14-30-25-15(4-2)8-7-11-19(25)26-18-12-13-20(27)22-21(18)23(28)16-9-5-6-10-17(16)24(22)29/h3,5-13,26-27H,1,4,14H2,2H3. The molecule has 4 rings (SSSR count). The Hall–Kier alpha value is -3.86. The minimum absolute atomic E-state index is 0.0175. The van der Waals surface area contributed by atoms with Gasteiger partial charge in [0.05, 0.1) is 22.5 Å². The molecule has 0 heterocycles. The number of rotatable bonds is 6. The molecule has 1 aliphatic rings. The van der Waals surface area contributed by atoms with Crippen molar-refractivity contribution in [2.24, 2.45) is 0 Å². The second kappa shape index (κ2) is 7.87. The molecule has 150 valence electrons. The Morgan fingerprint density at radius 1 is 0.933 bits per heavy atom. The zero-order chi connectivity index (χ0) is 21.3. The van der Waals surface area contributed by atoms with Gasteiger partial charge in [0.2, 0.25) is 0 Å². The summed E-state index contributed by atoms with van der Waals surface area (Å²) in [5.74, 6) is -0.226. The second-order valence-corrected chi connectivity index (χ2v) is 6.96. The quantitative estimate of drug-likeness (QED) is 0.351. The number of ether oxygens (including phenoxy) is 1. The van der Waals surface area contributed by atoms with Crippen LogP contribution in [0.25, 0.3) is 0 Å². The molecule has 2 N–H and O–H groups in total. The van der Waals surface area contributed by atoms with Gasteiger partial charge >= 0.3 is 0 Å². The van der Waals surface area contributed by atoms with Crippen molar-refractivity contribution in [1.82, 2.24) is 0 Å². The maximum atomic E-state index is 13.2. The van der Waals surface area contributed by atoms with Crippen LogP contribution >= 0.6 is 0 Å². The van der Waals surface area contributed by atoms with E-state index < -0.39 is 0 Å². The lowest BCUT2D eigenvalue weighted by Crippen LogP contribution is -2.22. The maximum Gasteiger partial charge on any atom is 0.198 e. The Morgan fingerprint density at radius 2 is 1.63 bits per heavy atom. The van der Waals surface area contributed by atoms with Crippen molar-refractivity contribution in [2.45, 2.75) is 13.3 Å². The molecule has 5 nitrogen and oxygen atoms in total. The van der Waals surface area contributed by atoms with E-state index >= 15 is 0 Å². The Morgan fingerprint density at radius 3 is 2.30 bits per heavy atom. The first-order chi connectivity index (χ1) is 14.6. The summed E-state index contributed by atoms with van der Waals surface area (Å²) < 4.78 is 5.87. The van der Waals surface area contributed by atoms with Crippen LogP contribution in [0, 0.1) is 0 Å². The predicted molar refractivity (Wildman–Crippen MR) is 116 cm³/mol. The van der Waals surface area contributed by atoms with Crippen LogP contribution in [0.3, 0.4) is 0 Å². The first-order valence-corrected chi connectivity index (χ1v) is 9.73. The molecular formula is C25H21NO4. The molecule has 0 amide bonds. The van der Waals surface area contributed by atoms with E-state index in [1.54, 1.807) is 36.4 Å². The number of nitrogens with one attached hydrogen (secondary N) is 1. The van der Waals surface area contributed by atoms with Gasteiger partial charge in [-0.2, -0.15) is 0 Å². The monoisotopic (exact) mass is 399 g/mol. The molecule has 0 atom stereocenters. The average Bonchev–Trinajstić information content (AvgIpc) is 2.77.